The quantitative estimate of drug-likeness (QED) is 0.773. The van der Waals surface area contributed by atoms with Gasteiger partial charge in [0.1, 0.15) is 6.04 Å². The Morgan fingerprint density at radius 2 is 2.23 bits per heavy atom. The van der Waals surface area contributed by atoms with Crippen LogP contribution in [0, 0.1) is 6.92 Å². The molecule has 0 radical (unpaired) electrons. The number of ether oxygens (including phenoxy) is 1. The summed E-state index contributed by atoms with van der Waals surface area (Å²) in [7, 11) is 1.34. The lowest BCUT2D eigenvalue weighted by atomic mass is 10.2. The predicted molar refractivity (Wildman–Crippen MR) is 55.2 cm³/mol. The summed E-state index contributed by atoms with van der Waals surface area (Å²) in [6.07, 6.45) is 0. The summed E-state index contributed by atoms with van der Waals surface area (Å²) < 4.78 is 4.52. The number of thiophene rings is 1. The molecule has 1 heterocycles. The van der Waals surface area contributed by atoms with Crippen LogP contribution in [-0.4, -0.2) is 13.1 Å². The molecule has 1 rings (SSSR count). The highest BCUT2D eigenvalue weighted by Gasteiger charge is 2.17. The second-order valence-corrected chi connectivity index (χ2v) is 3.77. The molecule has 0 fully saturated rings. The molecule has 0 saturated carbocycles. The van der Waals surface area contributed by atoms with Crippen LogP contribution in [0.5, 0.6) is 0 Å². The minimum atomic E-state index is -0.631. The highest BCUT2D eigenvalue weighted by Crippen LogP contribution is 2.21. The maximum absolute atomic E-state index is 11.0. The average Bonchev–Trinajstić information content (AvgIpc) is 2.49. The van der Waals surface area contributed by atoms with E-state index in [4.69, 9.17) is 5.73 Å². The number of hydrogen-bond acceptors (Lipinski definition) is 4. The summed E-state index contributed by atoms with van der Waals surface area (Å²) in [5.41, 5.74) is 5.60. The van der Waals surface area contributed by atoms with Gasteiger partial charge in [0.25, 0.3) is 0 Å². The molecule has 3 nitrogen and oxygen atoms in total. The van der Waals surface area contributed by atoms with Crippen molar-refractivity contribution >= 4 is 29.7 Å². The number of nitrogens with two attached hydrogens (primary N) is 1. The minimum absolute atomic E-state index is 0. The Morgan fingerprint density at radius 3 is 2.62 bits per heavy atom. The molecule has 1 atom stereocenters. The number of methoxy groups -OCH3 is 1. The minimum Gasteiger partial charge on any atom is -0.468 e. The van der Waals surface area contributed by atoms with E-state index in [2.05, 4.69) is 4.74 Å². The second kappa shape index (κ2) is 5.21. The monoisotopic (exact) mass is 221 g/mol. The number of carbonyl (C=O) groups excluding carboxylic acids is 1. The van der Waals surface area contributed by atoms with E-state index in [9.17, 15) is 4.79 Å². The van der Waals surface area contributed by atoms with E-state index in [0.717, 1.165) is 9.75 Å². The first kappa shape index (κ1) is 12.4. The summed E-state index contributed by atoms with van der Waals surface area (Å²) in [5.74, 6) is -0.392. The first-order chi connectivity index (χ1) is 5.65. The molecule has 0 aromatic carbocycles. The van der Waals surface area contributed by atoms with E-state index in [1.165, 1.54) is 18.4 Å². The van der Waals surface area contributed by atoms with Gasteiger partial charge in [-0.1, -0.05) is 0 Å². The molecule has 0 aliphatic rings. The molecule has 5 heteroatoms. The van der Waals surface area contributed by atoms with Crippen molar-refractivity contribution in [3.63, 3.8) is 0 Å². The topological polar surface area (TPSA) is 52.3 Å². The number of aryl methyl sites for hydroxylation is 1. The van der Waals surface area contributed by atoms with Crippen LogP contribution in [0.2, 0.25) is 0 Å². The molecule has 0 bridgehead atoms. The van der Waals surface area contributed by atoms with Gasteiger partial charge >= 0.3 is 5.97 Å². The van der Waals surface area contributed by atoms with Gasteiger partial charge in [-0.3, -0.25) is 0 Å². The summed E-state index contributed by atoms with van der Waals surface area (Å²) in [6.45, 7) is 1.97. The summed E-state index contributed by atoms with van der Waals surface area (Å²) >= 11 is 1.51. The molecule has 2 N–H and O–H groups in total. The number of halogens is 1. The first-order valence-electron chi connectivity index (χ1n) is 3.55. The van der Waals surface area contributed by atoms with Crippen LogP contribution in [0.25, 0.3) is 0 Å². The van der Waals surface area contributed by atoms with Gasteiger partial charge in [0.2, 0.25) is 0 Å². The predicted octanol–water partition coefficient (Wildman–Crippen LogP) is 1.65. The summed E-state index contributed by atoms with van der Waals surface area (Å²) in [6, 6.07) is 3.15. The maximum Gasteiger partial charge on any atom is 0.328 e. The zero-order chi connectivity index (χ0) is 9.14. The molecular formula is C8H12ClNO2S. The highest BCUT2D eigenvalue weighted by molar-refractivity contribution is 7.12. The van der Waals surface area contributed by atoms with Gasteiger partial charge in [0.15, 0.2) is 0 Å². The lowest BCUT2D eigenvalue weighted by molar-refractivity contribution is -0.142. The SMILES string of the molecule is COC(=O)[C@@H](N)c1ccc(C)s1.Cl. The van der Waals surface area contributed by atoms with Gasteiger partial charge in [-0.25, -0.2) is 4.79 Å². The number of rotatable bonds is 2. The lowest BCUT2D eigenvalue weighted by Gasteiger charge is -2.05. The molecule has 0 aliphatic carbocycles. The molecule has 74 valence electrons. The smallest absolute Gasteiger partial charge is 0.328 e. The molecule has 0 amide bonds. The van der Waals surface area contributed by atoms with Crippen LogP contribution in [0.4, 0.5) is 0 Å². The average molecular weight is 222 g/mol. The molecule has 1 aromatic heterocycles. The summed E-state index contributed by atoms with van der Waals surface area (Å²) in [5, 5.41) is 0. The maximum atomic E-state index is 11.0. The van der Waals surface area contributed by atoms with E-state index in [0.29, 0.717) is 0 Å². The molecule has 13 heavy (non-hydrogen) atoms. The van der Waals surface area contributed by atoms with Gasteiger partial charge in [-0.15, -0.1) is 23.7 Å². The van der Waals surface area contributed by atoms with E-state index >= 15 is 0 Å². The number of esters is 1. The standard InChI is InChI=1S/C8H11NO2S.ClH/c1-5-3-4-6(12-5)7(9)8(10)11-2;/h3-4,7H,9H2,1-2H3;1H/t7-;/m0./s1. The second-order valence-electron chi connectivity index (χ2n) is 2.45. The van der Waals surface area contributed by atoms with Crippen molar-refractivity contribution in [2.24, 2.45) is 5.73 Å². The van der Waals surface area contributed by atoms with Crippen LogP contribution in [0.1, 0.15) is 15.8 Å². The Bertz CT molecular complexity index is 287. The molecular weight excluding hydrogens is 210 g/mol. The fourth-order valence-corrected chi connectivity index (χ4v) is 1.73. The van der Waals surface area contributed by atoms with Crippen LogP contribution in [0.3, 0.4) is 0 Å². The molecule has 0 spiro atoms. The molecule has 1 aromatic rings. The molecule has 0 aliphatic heterocycles. The van der Waals surface area contributed by atoms with Gasteiger partial charge in [-0.05, 0) is 19.1 Å². The van der Waals surface area contributed by atoms with Crippen molar-refractivity contribution in [3.8, 4) is 0 Å². The van der Waals surface area contributed by atoms with Gasteiger partial charge in [0, 0.05) is 9.75 Å². The van der Waals surface area contributed by atoms with Crippen molar-refractivity contribution < 1.29 is 9.53 Å². The van der Waals surface area contributed by atoms with Gasteiger partial charge < -0.3 is 10.5 Å². The Balaban J connectivity index is 0.00000144. The largest absolute Gasteiger partial charge is 0.468 e. The molecule has 0 unspecified atom stereocenters. The Hall–Kier alpha value is -0.580. The van der Waals surface area contributed by atoms with E-state index in [1.54, 1.807) is 0 Å². The third-order valence-electron chi connectivity index (χ3n) is 1.52. The fourth-order valence-electron chi connectivity index (χ4n) is 0.864. The van der Waals surface area contributed by atoms with Gasteiger partial charge in [-0.2, -0.15) is 0 Å². The van der Waals surface area contributed by atoms with E-state index in [-0.39, 0.29) is 12.4 Å². The van der Waals surface area contributed by atoms with Crippen LogP contribution in [-0.2, 0) is 9.53 Å². The Labute approximate surface area is 87.3 Å². The van der Waals surface area contributed by atoms with Crippen molar-refractivity contribution in [2.45, 2.75) is 13.0 Å². The Morgan fingerprint density at radius 1 is 1.62 bits per heavy atom. The third kappa shape index (κ3) is 2.99. The van der Waals surface area contributed by atoms with Crippen molar-refractivity contribution in [2.75, 3.05) is 7.11 Å². The van der Waals surface area contributed by atoms with E-state index < -0.39 is 12.0 Å². The normalized spacial score (nSPS) is 11.6. The third-order valence-corrected chi connectivity index (χ3v) is 2.61. The number of carbonyl (C=O) groups is 1. The highest BCUT2D eigenvalue weighted by atomic mass is 35.5. The van der Waals surface area contributed by atoms with Crippen molar-refractivity contribution in [3.05, 3.63) is 21.9 Å². The van der Waals surface area contributed by atoms with Crippen LogP contribution < -0.4 is 5.73 Å². The summed E-state index contributed by atoms with van der Waals surface area (Å²) in [4.78, 5) is 13.0. The van der Waals surface area contributed by atoms with Crippen LogP contribution in [0.15, 0.2) is 12.1 Å². The van der Waals surface area contributed by atoms with Crippen molar-refractivity contribution in [1.29, 1.82) is 0 Å². The first-order valence-corrected chi connectivity index (χ1v) is 4.36. The van der Waals surface area contributed by atoms with Crippen LogP contribution >= 0.6 is 23.7 Å². The fraction of sp³-hybridized carbons (Fsp3) is 0.375. The number of hydrogen-bond donors (Lipinski definition) is 1. The Kier molecular flexibility index (Phi) is 4.98. The van der Waals surface area contributed by atoms with Gasteiger partial charge in [0.05, 0.1) is 7.11 Å². The zero-order valence-electron chi connectivity index (χ0n) is 7.44. The lowest BCUT2D eigenvalue weighted by Crippen LogP contribution is -2.21. The van der Waals surface area contributed by atoms with E-state index in [1.807, 2.05) is 19.1 Å². The zero-order valence-corrected chi connectivity index (χ0v) is 9.08. The molecule has 0 saturated heterocycles. The van der Waals surface area contributed by atoms with Crippen molar-refractivity contribution in [1.82, 2.24) is 0 Å².